The highest BCUT2D eigenvalue weighted by molar-refractivity contribution is 7.13. The summed E-state index contributed by atoms with van der Waals surface area (Å²) in [4.78, 5) is 32.0. The maximum absolute atomic E-state index is 11.5. The molecule has 1 fully saturated rings. The fourth-order valence-electron chi connectivity index (χ4n) is 4.28. The summed E-state index contributed by atoms with van der Waals surface area (Å²) in [6.07, 6.45) is 3.55. The number of anilines is 4. The molecule has 1 amide bonds. The first-order valence-electron chi connectivity index (χ1n) is 11.7. The van der Waals surface area contributed by atoms with Gasteiger partial charge in [-0.25, -0.2) is 15.0 Å². The minimum Gasteiger partial charge on any atom is -0.341 e. The zero-order valence-electron chi connectivity index (χ0n) is 19.7. The van der Waals surface area contributed by atoms with E-state index in [0.717, 1.165) is 47.9 Å². The van der Waals surface area contributed by atoms with E-state index in [1.165, 1.54) is 24.5 Å². The maximum Gasteiger partial charge on any atom is 0.232 e. The van der Waals surface area contributed by atoms with Crippen LogP contribution in [0.2, 0.25) is 0 Å². The Morgan fingerprint density at radius 2 is 1.77 bits per heavy atom. The van der Waals surface area contributed by atoms with Gasteiger partial charge < -0.3 is 15.5 Å². The van der Waals surface area contributed by atoms with Gasteiger partial charge in [-0.2, -0.15) is 4.98 Å². The third-order valence-corrected chi connectivity index (χ3v) is 7.10. The van der Waals surface area contributed by atoms with E-state index in [-0.39, 0.29) is 5.91 Å². The summed E-state index contributed by atoms with van der Waals surface area (Å²) < 4.78 is 0. The second-order valence-electron chi connectivity index (χ2n) is 8.60. The van der Waals surface area contributed by atoms with Gasteiger partial charge in [-0.1, -0.05) is 36.4 Å². The summed E-state index contributed by atoms with van der Waals surface area (Å²) in [5.41, 5.74) is 4.87. The highest BCUT2D eigenvalue weighted by Gasteiger charge is 2.24. The number of amides is 1. The first-order valence-corrected chi connectivity index (χ1v) is 12.5. The van der Waals surface area contributed by atoms with Crippen LogP contribution in [0, 0.1) is 6.92 Å². The molecule has 1 saturated heterocycles. The number of piperidine rings is 1. The van der Waals surface area contributed by atoms with Crippen molar-refractivity contribution in [1.82, 2.24) is 19.9 Å². The number of thiazole rings is 1. The molecule has 0 atom stereocenters. The molecule has 1 aliphatic heterocycles. The van der Waals surface area contributed by atoms with Crippen LogP contribution in [0.1, 0.15) is 36.9 Å². The molecule has 0 radical (unpaired) electrons. The third kappa shape index (κ3) is 5.30. The van der Waals surface area contributed by atoms with Gasteiger partial charge in [-0.3, -0.25) is 4.79 Å². The summed E-state index contributed by atoms with van der Waals surface area (Å²) in [6.45, 7) is 5.17. The van der Waals surface area contributed by atoms with Crippen molar-refractivity contribution in [2.24, 2.45) is 0 Å². The van der Waals surface area contributed by atoms with E-state index in [9.17, 15) is 4.79 Å². The van der Waals surface area contributed by atoms with E-state index in [0.29, 0.717) is 17.8 Å². The van der Waals surface area contributed by atoms with Gasteiger partial charge in [0.1, 0.15) is 11.3 Å². The zero-order chi connectivity index (χ0) is 24.2. The Labute approximate surface area is 208 Å². The van der Waals surface area contributed by atoms with Gasteiger partial charge in [0, 0.05) is 48.2 Å². The molecule has 35 heavy (non-hydrogen) atoms. The average Bonchev–Trinajstić information content (AvgIpc) is 3.38. The topological polar surface area (TPSA) is 95.9 Å². The van der Waals surface area contributed by atoms with Crippen LogP contribution in [0.5, 0.6) is 0 Å². The predicted molar refractivity (Wildman–Crippen MR) is 140 cm³/mol. The van der Waals surface area contributed by atoms with Crippen LogP contribution in [-0.2, 0) is 4.79 Å². The normalized spacial score (nSPS) is 14.1. The molecule has 2 N–H and O–H groups in total. The van der Waals surface area contributed by atoms with Gasteiger partial charge in [-0.05, 0) is 37.5 Å². The van der Waals surface area contributed by atoms with Gasteiger partial charge >= 0.3 is 0 Å². The van der Waals surface area contributed by atoms with Gasteiger partial charge in [0.25, 0.3) is 0 Å². The van der Waals surface area contributed by atoms with E-state index in [1.807, 2.05) is 43.3 Å². The first kappa shape index (κ1) is 22.9. The Morgan fingerprint density at radius 3 is 2.54 bits per heavy atom. The molecule has 0 aliphatic carbocycles. The number of nitrogens with one attached hydrogen (secondary N) is 2. The van der Waals surface area contributed by atoms with E-state index in [1.54, 1.807) is 11.3 Å². The van der Waals surface area contributed by atoms with Crippen LogP contribution >= 0.6 is 11.3 Å². The number of aromatic nitrogens is 4. The minimum atomic E-state index is -0.106. The van der Waals surface area contributed by atoms with Crippen molar-refractivity contribution in [2.45, 2.75) is 32.6 Å². The average molecular weight is 486 g/mol. The van der Waals surface area contributed by atoms with Gasteiger partial charge in [-0.15, -0.1) is 11.3 Å². The molecule has 5 rings (SSSR count). The van der Waals surface area contributed by atoms with Crippen molar-refractivity contribution in [3.8, 4) is 10.6 Å². The van der Waals surface area contributed by atoms with Crippen molar-refractivity contribution in [1.29, 1.82) is 0 Å². The van der Waals surface area contributed by atoms with Gasteiger partial charge in [0.15, 0.2) is 0 Å². The lowest BCUT2D eigenvalue weighted by Gasteiger charge is -2.31. The first-order chi connectivity index (χ1) is 17.1. The highest BCUT2D eigenvalue weighted by Crippen LogP contribution is 2.33. The lowest BCUT2D eigenvalue weighted by Crippen LogP contribution is -2.34. The van der Waals surface area contributed by atoms with Gasteiger partial charge in [0.2, 0.25) is 17.8 Å². The molecular formula is C26H27N7OS. The number of benzene rings is 2. The largest absolute Gasteiger partial charge is 0.341 e. The molecule has 4 aromatic rings. The molecule has 1 aliphatic rings. The maximum atomic E-state index is 11.5. The second-order valence-corrected chi connectivity index (χ2v) is 9.46. The number of carbonyl (C=O) groups is 1. The highest BCUT2D eigenvalue weighted by atomic mass is 32.1. The monoisotopic (exact) mass is 485 g/mol. The van der Waals surface area contributed by atoms with Crippen molar-refractivity contribution in [3.05, 3.63) is 71.5 Å². The van der Waals surface area contributed by atoms with Crippen LogP contribution in [-0.4, -0.2) is 38.9 Å². The van der Waals surface area contributed by atoms with Crippen LogP contribution in [0.4, 0.5) is 23.3 Å². The molecule has 2 aromatic carbocycles. The quantitative estimate of drug-likeness (QED) is 0.378. The lowest BCUT2D eigenvalue weighted by atomic mass is 9.94. The van der Waals surface area contributed by atoms with Crippen LogP contribution in [0.3, 0.4) is 0 Å². The number of rotatable bonds is 6. The third-order valence-electron chi connectivity index (χ3n) is 6.19. The molecular weight excluding hydrogens is 458 g/mol. The van der Waals surface area contributed by atoms with E-state index < -0.39 is 0 Å². The summed E-state index contributed by atoms with van der Waals surface area (Å²) >= 11 is 1.71. The second kappa shape index (κ2) is 10.2. The Morgan fingerprint density at radius 1 is 1.00 bits per heavy atom. The minimum absolute atomic E-state index is 0.106. The van der Waals surface area contributed by atoms with Crippen molar-refractivity contribution < 1.29 is 4.79 Å². The molecule has 8 nitrogen and oxygen atoms in total. The molecule has 2 aromatic heterocycles. The van der Waals surface area contributed by atoms with Crippen molar-refractivity contribution in [3.63, 3.8) is 0 Å². The molecule has 0 saturated carbocycles. The van der Waals surface area contributed by atoms with Crippen LogP contribution in [0.25, 0.3) is 10.6 Å². The van der Waals surface area contributed by atoms with E-state index in [4.69, 9.17) is 4.98 Å². The van der Waals surface area contributed by atoms with Crippen molar-refractivity contribution in [2.75, 3.05) is 28.6 Å². The summed E-state index contributed by atoms with van der Waals surface area (Å²) in [5.74, 6) is 1.48. The van der Waals surface area contributed by atoms with E-state index in [2.05, 4.69) is 48.0 Å². The molecule has 178 valence electrons. The molecule has 0 bridgehead atoms. The number of carbonyl (C=O) groups excluding carboxylic acids is 1. The summed E-state index contributed by atoms with van der Waals surface area (Å²) in [6, 6.07) is 16.0. The summed E-state index contributed by atoms with van der Waals surface area (Å²) in [7, 11) is 0. The SMILES string of the molecule is CC(=O)Nc1cccc(Nc2ncnc(N3CCC(c4csc(-c5ccccc5)n4)CC3)n2)c1C. The Bertz CT molecular complexity index is 1320. The molecule has 0 unspecified atom stereocenters. The van der Waals surface area contributed by atoms with E-state index >= 15 is 0 Å². The standard InChI is InChI=1S/C26H27N7OS/c1-17-21(29-18(2)34)9-6-10-22(17)31-25-27-16-28-26(32-25)33-13-11-19(12-14-33)23-15-35-24(30-23)20-7-4-3-5-8-20/h3-10,15-16,19H,11-14H2,1-2H3,(H,29,34)(H,27,28,31,32). The number of nitrogens with zero attached hydrogens (tertiary/aromatic N) is 5. The molecule has 9 heteroatoms. The number of hydrogen-bond donors (Lipinski definition) is 2. The van der Waals surface area contributed by atoms with Crippen LogP contribution in [0.15, 0.2) is 60.2 Å². The Balaban J connectivity index is 1.24. The fourth-order valence-corrected chi connectivity index (χ4v) is 5.19. The smallest absolute Gasteiger partial charge is 0.232 e. The molecule has 0 spiro atoms. The predicted octanol–water partition coefficient (Wildman–Crippen LogP) is 5.39. The lowest BCUT2D eigenvalue weighted by molar-refractivity contribution is -0.114. The Kier molecular flexibility index (Phi) is 6.67. The van der Waals surface area contributed by atoms with Crippen molar-refractivity contribution >= 4 is 40.5 Å². The summed E-state index contributed by atoms with van der Waals surface area (Å²) in [5, 5.41) is 9.39. The number of hydrogen-bond acceptors (Lipinski definition) is 8. The van der Waals surface area contributed by atoms with Crippen LogP contribution < -0.4 is 15.5 Å². The zero-order valence-corrected chi connectivity index (χ0v) is 20.5. The Hall–Kier alpha value is -3.85. The molecule has 3 heterocycles. The van der Waals surface area contributed by atoms with Gasteiger partial charge in [0.05, 0.1) is 5.69 Å². The fraction of sp³-hybridized carbons (Fsp3) is 0.269.